The second kappa shape index (κ2) is 7.38. The van der Waals surface area contributed by atoms with Gasteiger partial charge in [0.25, 0.3) is 0 Å². The molecule has 4 nitrogen and oxygen atoms in total. The molecule has 0 bridgehead atoms. The van der Waals surface area contributed by atoms with Gasteiger partial charge in [0.1, 0.15) is 11.6 Å². The molecular weight excluding hydrogens is 269 g/mol. The Bertz CT molecular complexity index is 599. The predicted octanol–water partition coefficient (Wildman–Crippen LogP) is 4.09. The van der Waals surface area contributed by atoms with Gasteiger partial charge in [-0.25, -0.2) is 9.37 Å². The minimum Gasteiger partial charge on any atom is -0.352 e. The van der Waals surface area contributed by atoms with E-state index in [1.54, 1.807) is 36.5 Å². The van der Waals surface area contributed by atoms with E-state index in [9.17, 15) is 9.18 Å². The molecule has 1 aromatic carbocycles. The summed E-state index contributed by atoms with van der Waals surface area (Å²) in [5.74, 6) is 0.129. The number of amides is 1. The summed E-state index contributed by atoms with van der Waals surface area (Å²) >= 11 is 0. The minimum absolute atomic E-state index is 0.0424. The van der Waals surface area contributed by atoms with Crippen LogP contribution in [0, 0.1) is 5.82 Å². The molecule has 0 spiro atoms. The molecule has 0 radical (unpaired) electrons. The highest BCUT2D eigenvalue weighted by Gasteiger charge is 2.04. The van der Waals surface area contributed by atoms with Crippen LogP contribution in [-0.2, 0) is 4.79 Å². The van der Waals surface area contributed by atoms with E-state index in [2.05, 4.69) is 15.6 Å². The molecule has 2 rings (SSSR count). The maximum Gasteiger partial charge on any atom is 0.225 e. The summed E-state index contributed by atoms with van der Waals surface area (Å²) in [4.78, 5) is 15.7. The molecule has 21 heavy (non-hydrogen) atoms. The second-order valence-corrected chi connectivity index (χ2v) is 4.69. The number of nitrogens with zero attached hydrogens (tertiary/aromatic N) is 1. The standard InChI is InChI=1S/C16H18FN3O/c1-2-3-8-16(21)20-15-10-9-12(11-18-15)19-14-7-5-4-6-13(14)17/h4-7,9-11,19H,2-3,8H2,1H3,(H,18,20,21). The number of unbranched alkanes of at least 4 members (excludes halogenated alkanes) is 1. The summed E-state index contributed by atoms with van der Waals surface area (Å²) in [7, 11) is 0. The monoisotopic (exact) mass is 287 g/mol. The van der Waals surface area contributed by atoms with Crippen molar-refractivity contribution in [1.29, 1.82) is 0 Å². The summed E-state index contributed by atoms with van der Waals surface area (Å²) in [6.07, 6.45) is 3.89. The van der Waals surface area contributed by atoms with E-state index in [0.717, 1.165) is 12.8 Å². The molecule has 0 atom stereocenters. The zero-order chi connectivity index (χ0) is 15.1. The quantitative estimate of drug-likeness (QED) is 0.841. The first-order valence-corrected chi connectivity index (χ1v) is 6.96. The summed E-state index contributed by atoms with van der Waals surface area (Å²) < 4.78 is 13.5. The number of hydrogen-bond acceptors (Lipinski definition) is 3. The summed E-state index contributed by atoms with van der Waals surface area (Å²) in [5.41, 5.74) is 1.05. The average molecular weight is 287 g/mol. The van der Waals surface area contributed by atoms with Gasteiger partial charge in [-0.1, -0.05) is 25.5 Å². The molecule has 0 saturated heterocycles. The van der Waals surface area contributed by atoms with Gasteiger partial charge < -0.3 is 10.6 Å². The van der Waals surface area contributed by atoms with E-state index >= 15 is 0 Å². The van der Waals surface area contributed by atoms with Gasteiger partial charge in [0.05, 0.1) is 17.6 Å². The van der Waals surface area contributed by atoms with E-state index in [0.29, 0.717) is 23.6 Å². The van der Waals surface area contributed by atoms with E-state index in [1.165, 1.54) is 6.07 Å². The molecule has 0 aliphatic rings. The van der Waals surface area contributed by atoms with Crippen molar-refractivity contribution >= 4 is 23.1 Å². The number of aromatic nitrogens is 1. The smallest absolute Gasteiger partial charge is 0.225 e. The average Bonchev–Trinajstić information content (AvgIpc) is 2.49. The summed E-state index contributed by atoms with van der Waals surface area (Å²) in [6.45, 7) is 2.04. The van der Waals surface area contributed by atoms with Crippen LogP contribution in [0.2, 0.25) is 0 Å². The SMILES string of the molecule is CCCCC(=O)Nc1ccc(Nc2ccccc2F)cn1. The van der Waals surface area contributed by atoms with Gasteiger partial charge in [0, 0.05) is 6.42 Å². The molecule has 2 N–H and O–H groups in total. The van der Waals surface area contributed by atoms with Crippen molar-refractivity contribution in [3.63, 3.8) is 0 Å². The number of carbonyl (C=O) groups is 1. The number of hydrogen-bond donors (Lipinski definition) is 2. The van der Waals surface area contributed by atoms with Crippen LogP contribution in [0.25, 0.3) is 0 Å². The zero-order valence-electron chi connectivity index (χ0n) is 11.9. The van der Waals surface area contributed by atoms with Crippen molar-refractivity contribution in [2.75, 3.05) is 10.6 Å². The molecule has 0 saturated carbocycles. The lowest BCUT2D eigenvalue weighted by molar-refractivity contribution is -0.116. The number of para-hydroxylation sites is 1. The van der Waals surface area contributed by atoms with E-state index in [1.807, 2.05) is 6.92 Å². The highest BCUT2D eigenvalue weighted by molar-refractivity contribution is 5.89. The molecule has 1 heterocycles. The van der Waals surface area contributed by atoms with Crippen LogP contribution in [-0.4, -0.2) is 10.9 Å². The van der Waals surface area contributed by atoms with Gasteiger partial charge in [-0.3, -0.25) is 4.79 Å². The second-order valence-electron chi connectivity index (χ2n) is 4.69. The fourth-order valence-electron chi connectivity index (χ4n) is 1.80. The third-order valence-electron chi connectivity index (χ3n) is 2.94. The summed E-state index contributed by atoms with van der Waals surface area (Å²) in [6, 6.07) is 9.85. The number of nitrogens with one attached hydrogen (secondary N) is 2. The van der Waals surface area contributed by atoms with Gasteiger partial charge in [-0.15, -0.1) is 0 Å². The minimum atomic E-state index is -0.325. The zero-order valence-corrected chi connectivity index (χ0v) is 11.9. The Balaban J connectivity index is 1.96. The maximum absolute atomic E-state index is 13.5. The van der Waals surface area contributed by atoms with Crippen molar-refractivity contribution in [2.45, 2.75) is 26.2 Å². The topological polar surface area (TPSA) is 54.0 Å². The Kier molecular flexibility index (Phi) is 5.26. The van der Waals surface area contributed by atoms with Crippen molar-refractivity contribution < 1.29 is 9.18 Å². The van der Waals surface area contributed by atoms with Crippen LogP contribution in [0.4, 0.5) is 21.6 Å². The van der Waals surface area contributed by atoms with Gasteiger partial charge in [0.2, 0.25) is 5.91 Å². The first kappa shape index (κ1) is 15.0. The number of benzene rings is 1. The van der Waals surface area contributed by atoms with Crippen LogP contribution in [0.15, 0.2) is 42.6 Å². The third kappa shape index (κ3) is 4.56. The number of pyridine rings is 1. The molecule has 0 aliphatic carbocycles. The van der Waals surface area contributed by atoms with Crippen molar-refractivity contribution in [3.8, 4) is 0 Å². The van der Waals surface area contributed by atoms with Crippen molar-refractivity contribution in [1.82, 2.24) is 4.98 Å². The Morgan fingerprint density at radius 3 is 2.71 bits per heavy atom. The molecule has 0 fully saturated rings. The number of rotatable bonds is 6. The maximum atomic E-state index is 13.5. The van der Waals surface area contributed by atoms with E-state index in [4.69, 9.17) is 0 Å². The molecule has 2 aromatic rings. The fraction of sp³-hybridized carbons (Fsp3) is 0.250. The molecule has 5 heteroatoms. The lowest BCUT2D eigenvalue weighted by atomic mass is 10.2. The third-order valence-corrected chi connectivity index (χ3v) is 2.94. The largest absolute Gasteiger partial charge is 0.352 e. The van der Waals surface area contributed by atoms with Crippen LogP contribution >= 0.6 is 0 Å². The fourth-order valence-corrected chi connectivity index (χ4v) is 1.80. The van der Waals surface area contributed by atoms with Gasteiger partial charge >= 0.3 is 0 Å². The van der Waals surface area contributed by atoms with Gasteiger partial charge in [-0.05, 0) is 30.7 Å². The van der Waals surface area contributed by atoms with Crippen molar-refractivity contribution in [3.05, 3.63) is 48.4 Å². The molecule has 110 valence electrons. The number of anilines is 3. The number of carbonyl (C=O) groups excluding carboxylic acids is 1. The Hall–Kier alpha value is -2.43. The van der Waals surface area contributed by atoms with Gasteiger partial charge in [0.15, 0.2) is 0 Å². The number of halogens is 1. The lowest BCUT2D eigenvalue weighted by Crippen LogP contribution is -2.12. The molecule has 1 aromatic heterocycles. The first-order chi connectivity index (χ1) is 10.2. The van der Waals surface area contributed by atoms with Crippen LogP contribution in [0.5, 0.6) is 0 Å². The Morgan fingerprint density at radius 2 is 2.05 bits per heavy atom. The normalized spacial score (nSPS) is 10.2. The molecule has 0 unspecified atom stereocenters. The van der Waals surface area contributed by atoms with Crippen LogP contribution < -0.4 is 10.6 Å². The molecule has 0 aliphatic heterocycles. The van der Waals surface area contributed by atoms with Crippen molar-refractivity contribution in [2.24, 2.45) is 0 Å². The van der Waals surface area contributed by atoms with E-state index in [-0.39, 0.29) is 11.7 Å². The molecular formula is C16H18FN3O. The highest BCUT2D eigenvalue weighted by atomic mass is 19.1. The van der Waals surface area contributed by atoms with E-state index < -0.39 is 0 Å². The first-order valence-electron chi connectivity index (χ1n) is 6.96. The molecule has 1 amide bonds. The lowest BCUT2D eigenvalue weighted by Gasteiger charge is -2.08. The summed E-state index contributed by atoms with van der Waals surface area (Å²) in [5, 5.41) is 5.66. The Labute approximate surface area is 123 Å². The predicted molar refractivity (Wildman–Crippen MR) is 82.1 cm³/mol. The van der Waals surface area contributed by atoms with Gasteiger partial charge in [-0.2, -0.15) is 0 Å². The van der Waals surface area contributed by atoms with Crippen LogP contribution in [0.3, 0.4) is 0 Å². The van der Waals surface area contributed by atoms with Crippen LogP contribution in [0.1, 0.15) is 26.2 Å². The highest BCUT2D eigenvalue weighted by Crippen LogP contribution is 2.19. The Morgan fingerprint density at radius 1 is 1.24 bits per heavy atom.